The van der Waals surface area contributed by atoms with Crippen LogP contribution in [0.5, 0.6) is 5.75 Å². The van der Waals surface area contributed by atoms with Gasteiger partial charge in [0.15, 0.2) is 0 Å². The minimum Gasteiger partial charge on any atom is -0.489 e. The molecular formula is C20H20Cl3FN2O3. The Morgan fingerprint density at radius 3 is 2.38 bits per heavy atom. The van der Waals surface area contributed by atoms with Gasteiger partial charge in [0.25, 0.3) is 5.91 Å². The van der Waals surface area contributed by atoms with Crippen LogP contribution in [0.2, 0.25) is 15.1 Å². The van der Waals surface area contributed by atoms with Crippen molar-refractivity contribution in [2.75, 3.05) is 39.3 Å². The van der Waals surface area contributed by atoms with Crippen LogP contribution in [0.3, 0.4) is 0 Å². The second kappa shape index (κ2) is 9.96. The molecule has 2 aromatic carbocycles. The molecule has 0 radical (unpaired) electrons. The lowest BCUT2D eigenvalue weighted by molar-refractivity contribution is 0.0402. The Morgan fingerprint density at radius 2 is 1.72 bits per heavy atom. The zero-order chi connectivity index (χ0) is 21.0. The quantitative estimate of drug-likeness (QED) is 0.707. The fourth-order valence-corrected chi connectivity index (χ4v) is 3.72. The lowest BCUT2D eigenvalue weighted by atomic mass is 10.1. The summed E-state index contributed by atoms with van der Waals surface area (Å²) < 4.78 is 19.5. The van der Waals surface area contributed by atoms with E-state index in [2.05, 4.69) is 0 Å². The molecule has 3 rings (SSSR count). The average molecular weight is 462 g/mol. The molecule has 2 aromatic rings. The number of hydrogen-bond donors (Lipinski definition) is 1. The van der Waals surface area contributed by atoms with E-state index in [1.54, 1.807) is 23.1 Å². The van der Waals surface area contributed by atoms with E-state index in [4.69, 9.17) is 39.5 Å². The Kier molecular flexibility index (Phi) is 7.60. The molecule has 5 nitrogen and oxygen atoms in total. The summed E-state index contributed by atoms with van der Waals surface area (Å²) >= 11 is 17.6. The molecule has 1 amide bonds. The van der Waals surface area contributed by atoms with Crippen LogP contribution in [-0.2, 0) is 0 Å². The van der Waals surface area contributed by atoms with Gasteiger partial charge in [-0.05, 0) is 36.4 Å². The number of rotatable bonds is 6. The van der Waals surface area contributed by atoms with Crippen molar-refractivity contribution in [3.63, 3.8) is 0 Å². The van der Waals surface area contributed by atoms with Crippen LogP contribution in [0.1, 0.15) is 10.4 Å². The molecule has 1 saturated heterocycles. The van der Waals surface area contributed by atoms with Gasteiger partial charge < -0.3 is 14.7 Å². The maximum atomic E-state index is 14.0. The molecule has 156 valence electrons. The van der Waals surface area contributed by atoms with E-state index in [0.29, 0.717) is 48.5 Å². The molecular weight excluding hydrogens is 442 g/mol. The summed E-state index contributed by atoms with van der Waals surface area (Å²) in [6.45, 7) is 2.49. The molecule has 1 unspecified atom stereocenters. The molecule has 1 N–H and O–H groups in total. The van der Waals surface area contributed by atoms with Crippen molar-refractivity contribution in [2.45, 2.75) is 6.10 Å². The van der Waals surface area contributed by atoms with Gasteiger partial charge in [0.05, 0.1) is 10.6 Å². The third-order valence-corrected chi connectivity index (χ3v) is 5.38. The van der Waals surface area contributed by atoms with Crippen LogP contribution in [0.4, 0.5) is 4.39 Å². The van der Waals surface area contributed by atoms with Gasteiger partial charge in [-0.25, -0.2) is 4.39 Å². The average Bonchev–Trinajstić information content (AvgIpc) is 2.67. The standard InChI is InChI=1S/C20H20Cl3FN2O3/c21-13-2-4-19(17(23)9-13)29-12-15(27)11-25-5-7-26(8-6-25)20(28)16-3-1-14(22)10-18(16)24/h1-4,9-10,15,27H,5-8,11-12H2. The fraction of sp³-hybridized carbons (Fsp3) is 0.350. The van der Waals surface area contributed by atoms with Gasteiger partial charge in [-0.3, -0.25) is 9.69 Å². The van der Waals surface area contributed by atoms with E-state index in [1.807, 2.05) is 4.90 Å². The van der Waals surface area contributed by atoms with E-state index in [-0.39, 0.29) is 23.1 Å². The number of aliphatic hydroxyl groups is 1. The van der Waals surface area contributed by atoms with E-state index < -0.39 is 11.9 Å². The predicted molar refractivity (Wildman–Crippen MR) is 112 cm³/mol. The van der Waals surface area contributed by atoms with Crippen molar-refractivity contribution in [3.8, 4) is 5.75 Å². The number of halogens is 4. The minimum atomic E-state index is -0.724. The fourth-order valence-electron chi connectivity index (χ4n) is 3.10. The summed E-state index contributed by atoms with van der Waals surface area (Å²) in [5.74, 6) is -0.533. The number of carbonyl (C=O) groups excluding carboxylic acids is 1. The summed E-state index contributed by atoms with van der Waals surface area (Å²) in [7, 11) is 0. The number of hydrogen-bond acceptors (Lipinski definition) is 4. The number of piperazine rings is 1. The molecule has 1 aliphatic rings. The molecule has 0 bridgehead atoms. The largest absolute Gasteiger partial charge is 0.489 e. The lowest BCUT2D eigenvalue weighted by Gasteiger charge is -2.35. The van der Waals surface area contributed by atoms with Crippen molar-refractivity contribution in [3.05, 3.63) is 62.8 Å². The lowest BCUT2D eigenvalue weighted by Crippen LogP contribution is -2.51. The van der Waals surface area contributed by atoms with Crippen LogP contribution in [0.25, 0.3) is 0 Å². The van der Waals surface area contributed by atoms with Crippen molar-refractivity contribution < 1.29 is 19.0 Å². The van der Waals surface area contributed by atoms with Gasteiger partial charge in [0, 0.05) is 42.8 Å². The number of benzene rings is 2. The second-order valence-electron chi connectivity index (χ2n) is 6.76. The zero-order valence-electron chi connectivity index (χ0n) is 15.5. The first-order chi connectivity index (χ1) is 13.8. The molecule has 1 fully saturated rings. The van der Waals surface area contributed by atoms with Crippen LogP contribution in [-0.4, -0.2) is 66.2 Å². The first-order valence-corrected chi connectivity index (χ1v) is 10.2. The van der Waals surface area contributed by atoms with Crippen LogP contribution in [0.15, 0.2) is 36.4 Å². The van der Waals surface area contributed by atoms with E-state index in [1.165, 1.54) is 12.1 Å². The molecule has 1 heterocycles. The molecule has 1 atom stereocenters. The van der Waals surface area contributed by atoms with Crippen LogP contribution < -0.4 is 4.74 Å². The van der Waals surface area contributed by atoms with Gasteiger partial charge in [-0.15, -0.1) is 0 Å². The second-order valence-corrected chi connectivity index (χ2v) is 8.04. The highest BCUT2D eigenvalue weighted by atomic mass is 35.5. The van der Waals surface area contributed by atoms with Crippen LogP contribution in [0, 0.1) is 5.82 Å². The normalized spacial score (nSPS) is 16.0. The van der Waals surface area contributed by atoms with Crippen molar-refractivity contribution in [1.82, 2.24) is 9.80 Å². The molecule has 0 aliphatic carbocycles. The van der Waals surface area contributed by atoms with Gasteiger partial charge >= 0.3 is 0 Å². The topological polar surface area (TPSA) is 53.0 Å². The molecule has 9 heteroatoms. The Bertz CT molecular complexity index is 876. The molecule has 0 saturated carbocycles. The predicted octanol–water partition coefficient (Wildman–Crippen LogP) is 3.98. The van der Waals surface area contributed by atoms with E-state index in [0.717, 1.165) is 6.07 Å². The maximum Gasteiger partial charge on any atom is 0.256 e. The third-order valence-electron chi connectivity index (χ3n) is 4.62. The Labute approximate surface area is 183 Å². The highest BCUT2D eigenvalue weighted by Crippen LogP contribution is 2.27. The minimum absolute atomic E-state index is 0.0103. The zero-order valence-corrected chi connectivity index (χ0v) is 17.7. The summed E-state index contributed by atoms with van der Waals surface area (Å²) in [5.41, 5.74) is 0.0103. The van der Waals surface area contributed by atoms with Gasteiger partial charge in [-0.1, -0.05) is 34.8 Å². The van der Waals surface area contributed by atoms with E-state index in [9.17, 15) is 14.3 Å². The van der Waals surface area contributed by atoms with Gasteiger partial charge in [0.2, 0.25) is 0 Å². The highest BCUT2D eigenvalue weighted by molar-refractivity contribution is 6.35. The first-order valence-electron chi connectivity index (χ1n) is 9.06. The molecule has 0 aromatic heterocycles. The third kappa shape index (κ3) is 5.96. The number of aliphatic hydroxyl groups excluding tert-OH is 1. The summed E-state index contributed by atoms with van der Waals surface area (Å²) in [4.78, 5) is 16.1. The first kappa shape index (κ1) is 22.1. The summed E-state index contributed by atoms with van der Waals surface area (Å²) in [5, 5.41) is 11.4. The molecule has 29 heavy (non-hydrogen) atoms. The van der Waals surface area contributed by atoms with Crippen molar-refractivity contribution in [1.29, 1.82) is 0 Å². The van der Waals surface area contributed by atoms with Gasteiger partial charge in [0.1, 0.15) is 24.3 Å². The highest BCUT2D eigenvalue weighted by Gasteiger charge is 2.25. The van der Waals surface area contributed by atoms with Gasteiger partial charge in [-0.2, -0.15) is 0 Å². The maximum absolute atomic E-state index is 14.0. The van der Waals surface area contributed by atoms with E-state index >= 15 is 0 Å². The summed E-state index contributed by atoms with van der Waals surface area (Å²) in [6, 6.07) is 8.91. The summed E-state index contributed by atoms with van der Waals surface area (Å²) in [6.07, 6.45) is -0.724. The van der Waals surface area contributed by atoms with Crippen molar-refractivity contribution in [2.24, 2.45) is 0 Å². The number of ether oxygens (including phenoxy) is 1. The monoisotopic (exact) mass is 460 g/mol. The molecule has 0 spiro atoms. The number of amides is 1. The number of nitrogens with zero attached hydrogens (tertiary/aromatic N) is 2. The SMILES string of the molecule is O=C(c1ccc(Cl)cc1F)N1CCN(CC(O)COc2ccc(Cl)cc2Cl)CC1. The van der Waals surface area contributed by atoms with Crippen LogP contribution >= 0.6 is 34.8 Å². The Morgan fingerprint density at radius 1 is 1.07 bits per heavy atom. The number of carbonyl (C=O) groups is 1. The molecule has 1 aliphatic heterocycles. The Balaban J connectivity index is 1.46. The smallest absolute Gasteiger partial charge is 0.256 e. The van der Waals surface area contributed by atoms with Crippen molar-refractivity contribution >= 4 is 40.7 Å². The number of β-amino-alcohol motifs (C(OH)–C–C–N with tert-alkyl or cyclic N) is 1. The Hall–Kier alpha value is -1.57.